The molecule has 2 rings (SSSR count). The van der Waals surface area contributed by atoms with E-state index in [0.717, 1.165) is 56.1 Å². The molecule has 0 heterocycles. The maximum absolute atomic E-state index is 14.3. The number of rotatable bonds is 12. The fraction of sp³-hybridized carbons (Fsp3) is 0.710. The van der Waals surface area contributed by atoms with Crippen LogP contribution in [0.3, 0.4) is 0 Å². The van der Waals surface area contributed by atoms with Crippen LogP contribution < -0.4 is 10.6 Å². The summed E-state index contributed by atoms with van der Waals surface area (Å²) in [6.07, 6.45) is 8.13. The van der Waals surface area contributed by atoms with E-state index in [9.17, 15) is 14.4 Å². The van der Waals surface area contributed by atoms with E-state index in [1.54, 1.807) is 25.7 Å². The molecular weight excluding hydrogens is 478 g/mol. The van der Waals surface area contributed by atoms with Gasteiger partial charge in [-0.1, -0.05) is 89.1 Å². The summed E-state index contributed by atoms with van der Waals surface area (Å²) >= 11 is 0. The summed E-state index contributed by atoms with van der Waals surface area (Å²) in [5, 5.41) is 6.11. The molecule has 3 amide bonds. The number of unbranched alkanes of at least 4 members (excludes halogenated alkanes) is 2. The molecule has 38 heavy (non-hydrogen) atoms. The molecule has 1 fully saturated rings. The molecule has 0 bridgehead atoms. The molecule has 7 nitrogen and oxygen atoms in total. The number of hydrogen-bond donors (Lipinski definition) is 2. The molecule has 0 radical (unpaired) electrons. The lowest BCUT2D eigenvalue weighted by atomic mass is 9.93. The molecule has 0 aliphatic heterocycles. The Bertz CT molecular complexity index is 887. The van der Waals surface area contributed by atoms with Gasteiger partial charge >= 0.3 is 6.09 Å². The minimum Gasteiger partial charge on any atom is -0.444 e. The van der Waals surface area contributed by atoms with Crippen LogP contribution in [-0.2, 0) is 14.3 Å². The summed E-state index contributed by atoms with van der Waals surface area (Å²) in [5.74, 6) is -0.528. The lowest BCUT2D eigenvalue weighted by molar-refractivity contribution is -0.144. The number of carbonyl (C=O) groups excluding carboxylic acids is 3. The Labute approximate surface area is 230 Å². The summed E-state index contributed by atoms with van der Waals surface area (Å²) in [5.41, 5.74) is 1.19. The van der Waals surface area contributed by atoms with Gasteiger partial charge in [0.15, 0.2) is 0 Å². The Hall–Kier alpha value is -2.57. The van der Waals surface area contributed by atoms with Crippen LogP contribution in [0.4, 0.5) is 4.79 Å². The second-order valence-corrected chi connectivity index (χ2v) is 11.9. The number of benzene rings is 1. The number of ether oxygens (including phenoxy) is 1. The monoisotopic (exact) mass is 529 g/mol. The van der Waals surface area contributed by atoms with Gasteiger partial charge < -0.3 is 20.3 Å². The van der Waals surface area contributed by atoms with E-state index in [2.05, 4.69) is 17.6 Å². The number of aryl methyl sites for hydroxylation is 1. The molecule has 0 saturated heterocycles. The molecule has 1 saturated carbocycles. The number of nitrogens with one attached hydrogen (secondary N) is 2. The van der Waals surface area contributed by atoms with Gasteiger partial charge in [-0.3, -0.25) is 9.59 Å². The highest BCUT2D eigenvalue weighted by Crippen LogP contribution is 2.27. The lowest BCUT2D eigenvalue weighted by Gasteiger charge is -2.37. The van der Waals surface area contributed by atoms with Gasteiger partial charge in [0, 0.05) is 12.6 Å². The predicted molar refractivity (Wildman–Crippen MR) is 153 cm³/mol. The van der Waals surface area contributed by atoms with Crippen molar-refractivity contribution in [1.29, 1.82) is 0 Å². The van der Waals surface area contributed by atoms with Gasteiger partial charge in [-0.2, -0.15) is 0 Å². The van der Waals surface area contributed by atoms with Crippen LogP contribution in [0.25, 0.3) is 0 Å². The van der Waals surface area contributed by atoms with E-state index < -0.39 is 23.8 Å². The van der Waals surface area contributed by atoms with Crippen molar-refractivity contribution < 1.29 is 19.1 Å². The quantitative estimate of drug-likeness (QED) is 0.305. The highest BCUT2D eigenvalue weighted by atomic mass is 16.6. The smallest absolute Gasteiger partial charge is 0.408 e. The highest BCUT2D eigenvalue weighted by Gasteiger charge is 2.38. The van der Waals surface area contributed by atoms with Crippen molar-refractivity contribution in [3.8, 4) is 0 Å². The minimum atomic E-state index is -0.799. The maximum atomic E-state index is 14.3. The highest BCUT2D eigenvalue weighted by molar-refractivity contribution is 5.92. The van der Waals surface area contributed by atoms with Gasteiger partial charge in [0.2, 0.25) is 11.8 Å². The van der Waals surface area contributed by atoms with E-state index >= 15 is 0 Å². The first-order valence-electron chi connectivity index (χ1n) is 14.6. The summed E-state index contributed by atoms with van der Waals surface area (Å²) < 4.78 is 5.50. The summed E-state index contributed by atoms with van der Waals surface area (Å²) in [6, 6.07) is 6.41. The summed E-state index contributed by atoms with van der Waals surface area (Å²) in [7, 11) is 0. The third kappa shape index (κ3) is 9.95. The molecular formula is C31H51N3O4. The Morgan fingerprint density at radius 2 is 1.66 bits per heavy atom. The van der Waals surface area contributed by atoms with Gasteiger partial charge in [0.1, 0.15) is 17.7 Å². The zero-order valence-electron chi connectivity index (χ0n) is 24.8. The number of carbonyl (C=O) groups is 3. The third-order valence-corrected chi connectivity index (χ3v) is 7.34. The maximum Gasteiger partial charge on any atom is 0.408 e. The van der Waals surface area contributed by atoms with Crippen LogP contribution in [0, 0.1) is 12.8 Å². The van der Waals surface area contributed by atoms with Crippen molar-refractivity contribution in [1.82, 2.24) is 15.5 Å². The fourth-order valence-electron chi connectivity index (χ4n) is 4.94. The normalized spacial score (nSPS) is 16.7. The Balaban J connectivity index is 2.46. The molecule has 2 N–H and O–H groups in total. The second-order valence-electron chi connectivity index (χ2n) is 11.9. The minimum absolute atomic E-state index is 0.127. The zero-order valence-corrected chi connectivity index (χ0v) is 24.8. The van der Waals surface area contributed by atoms with E-state index in [0.29, 0.717) is 13.0 Å². The van der Waals surface area contributed by atoms with Crippen molar-refractivity contribution in [2.75, 3.05) is 6.54 Å². The molecule has 1 aromatic carbocycles. The summed E-state index contributed by atoms with van der Waals surface area (Å²) in [6.45, 7) is 13.9. The standard InChI is InChI=1S/C31H51N3O4/c1-8-10-14-21-34(29(36)26(23(4)9-2)33-30(37)38-31(5,6)7)27(24-19-17-22(3)18-20-24)28(35)32-25-15-12-11-13-16-25/h17-20,23,25-27H,8-16,21H2,1-7H3,(H,32,35)(H,33,37). The van der Waals surface area contributed by atoms with Crippen molar-refractivity contribution in [3.05, 3.63) is 35.4 Å². The van der Waals surface area contributed by atoms with Crippen molar-refractivity contribution in [2.45, 2.75) is 130 Å². The van der Waals surface area contributed by atoms with E-state index in [1.165, 1.54) is 6.42 Å². The first-order chi connectivity index (χ1) is 18.0. The molecule has 214 valence electrons. The third-order valence-electron chi connectivity index (χ3n) is 7.34. The first kappa shape index (κ1) is 31.6. The Morgan fingerprint density at radius 3 is 2.21 bits per heavy atom. The lowest BCUT2D eigenvalue weighted by Crippen LogP contribution is -2.56. The van der Waals surface area contributed by atoms with Gasteiger partial charge in [0.25, 0.3) is 0 Å². The summed E-state index contributed by atoms with van der Waals surface area (Å²) in [4.78, 5) is 42.7. The SMILES string of the molecule is CCCCCN(C(=O)C(NC(=O)OC(C)(C)C)C(C)CC)C(C(=O)NC1CCCCC1)c1ccc(C)cc1. The van der Waals surface area contributed by atoms with Gasteiger partial charge in [-0.15, -0.1) is 0 Å². The fourth-order valence-corrected chi connectivity index (χ4v) is 4.94. The molecule has 0 spiro atoms. The number of alkyl carbamates (subject to hydrolysis) is 1. The van der Waals surface area contributed by atoms with Crippen molar-refractivity contribution in [3.63, 3.8) is 0 Å². The van der Waals surface area contributed by atoms with Crippen LogP contribution >= 0.6 is 0 Å². The van der Waals surface area contributed by atoms with Crippen LogP contribution in [0.15, 0.2) is 24.3 Å². The van der Waals surface area contributed by atoms with Crippen molar-refractivity contribution in [2.24, 2.45) is 5.92 Å². The van der Waals surface area contributed by atoms with Gasteiger partial charge in [-0.05, 0) is 58.4 Å². The number of nitrogens with zero attached hydrogens (tertiary/aromatic N) is 1. The number of amides is 3. The molecule has 1 aromatic rings. The van der Waals surface area contributed by atoms with Crippen molar-refractivity contribution >= 4 is 17.9 Å². The molecule has 3 atom stereocenters. The molecule has 3 unspecified atom stereocenters. The average molecular weight is 530 g/mol. The molecule has 1 aliphatic carbocycles. The Kier molecular flexibility index (Phi) is 12.6. The van der Waals surface area contributed by atoms with Crippen LogP contribution in [0.2, 0.25) is 0 Å². The average Bonchev–Trinajstić information content (AvgIpc) is 2.86. The topological polar surface area (TPSA) is 87.7 Å². The first-order valence-corrected chi connectivity index (χ1v) is 14.6. The van der Waals surface area contributed by atoms with Crippen LogP contribution in [-0.4, -0.2) is 47.0 Å². The van der Waals surface area contributed by atoms with Gasteiger partial charge in [-0.25, -0.2) is 4.79 Å². The molecule has 1 aliphatic rings. The van der Waals surface area contributed by atoms with E-state index in [1.807, 2.05) is 45.0 Å². The molecule has 0 aromatic heterocycles. The number of hydrogen-bond acceptors (Lipinski definition) is 4. The predicted octanol–water partition coefficient (Wildman–Crippen LogP) is 6.44. The van der Waals surface area contributed by atoms with Crippen LogP contribution in [0.5, 0.6) is 0 Å². The van der Waals surface area contributed by atoms with E-state index in [4.69, 9.17) is 4.74 Å². The Morgan fingerprint density at radius 1 is 1.03 bits per heavy atom. The van der Waals surface area contributed by atoms with Crippen LogP contribution in [0.1, 0.15) is 116 Å². The zero-order chi connectivity index (χ0) is 28.3. The van der Waals surface area contributed by atoms with Gasteiger partial charge in [0.05, 0.1) is 0 Å². The molecule has 7 heteroatoms. The second kappa shape index (κ2) is 15.1. The largest absolute Gasteiger partial charge is 0.444 e. The van der Waals surface area contributed by atoms with E-state index in [-0.39, 0.29) is 23.8 Å².